The van der Waals surface area contributed by atoms with E-state index in [0.29, 0.717) is 11.6 Å². The molecule has 0 spiro atoms. The monoisotopic (exact) mass is 252 g/mol. The van der Waals surface area contributed by atoms with Gasteiger partial charge in [0, 0.05) is 19.6 Å². The number of aliphatic hydroxyl groups is 1. The van der Waals surface area contributed by atoms with Crippen molar-refractivity contribution in [2.45, 2.75) is 13.0 Å². The molecular formula is C14H21FN2O. The molecule has 0 saturated carbocycles. The van der Waals surface area contributed by atoms with Crippen LogP contribution in [0.15, 0.2) is 24.3 Å². The molecule has 1 fully saturated rings. The van der Waals surface area contributed by atoms with Crippen molar-refractivity contribution < 1.29 is 9.50 Å². The molecule has 0 bridgehead atoms. The third-order valence-corrected chi connectivity index (χ3v) is 3.47. The number of nitrogens with zero attached hydrogens (tertiary/aromatic N) is 2. The van der Waals surface area contributed by atoms with Crippen LogP contribution in [0.5, 0.6) is 0 Å². The van der Waals surface area contributed by atoms with Crippen LogP contribution in [-0.2, 0) is 0 Å². The molecule has 1 aromatic carbocycles. The van der Waals surface area contributed by atoms with E-state index in [2.05, 4.69) is 11.8 Å². The van der Waals surface area contributed by atoms with E-state index < -0.39 is 0 Å². The molecule has 0 aliphatic carbocycles. The number of aliphatic hydroxyl groups excluding tert-OH is 1. The Bertz CT molecular complexity index is 399. The Balaban J connectivity index is 2.30. The van der Waals surface area contributed by atoms with Crippen molar-refractivity contribution in [3.8, 4) is 0 Å². The summed E-state index contributed by atoms with van der Waals surface area (Å²) >= 11 is 0. The highest BCUT2D eigenvalue weighted by Gasteiger charge is 2.27. The van der Waals surface area contributed by atoms with Gasteiger partial charge in [0.1, 0.15) is 5.82 Å². The molecule has 0 amide bonds. The Morgan fingerprint density at radius 2 is 2.00 bits per heavy atom. The quantitative estimate of drug-likeness (QED) is 0.865. The van der Waals surface area contributed by atoms with Gasteiger partial charge in [0.15, 0.2) is 0 Å². The minimum atomic E-state index is -0.215. The lowest BCUT2D eigenvalue weighted by Crippen LogP contribution is -2.43. The molecule has 1 aliphatic rings. The third-order valence-electron chi connectivity index (χ3n) is 3.47. The van der Waals surface area contributed by atoms with Gasteiger partial charge in [-0.25, -0.2) is 4.39 Å². The van der Waals surface area contributed by atoms with Gasteiger partial charge < -0.3 is 14.9 Å². The predicted molar refractivity (Wildman–Crippen MR) is 71.3 cm³/mol. The largest absolute Gasteiger partial charge is 0.394 e. The molecule has 1 heterocycles. The molecular weight excluding hydrogens is 231 g/mol. The predicted octanol–water partition coefficient (Wildman–Crippen LogP) is 1.57. The van der Waals surface area contributed by atoms with Crippen molar-refractivity contribution in [3.05, 3.63) is 30.1 Å². The molecule has 1 saturated heterocycles. The first kappa shape index (κ1) is 13.3. The fourth-order valence-corrected chi connectivity index (χ4v) is 2.74. The number of halogens is 1. The molecule has 2 unspecified atom stereocenters. The van der Waals surface area contributed by atoms with Gasteiger partial charge in [-0.1, -0.05) is 19.1 Å². The Morgan fingerprint density at radius 3 is 2.67 bits per heavy atom. The number of rotatable bonds is 2. The highest BCUT2D eigenvalue weighted by Crippen LogP contribution is 2.24. The zero-order chi connectivity index (χ0) is 13.1. The maximum Gasteiger partial charge on any atom is 0.146 e. The average Bonchev–Trinajstić information content (AvgIpc) is 2.48. The molecule has 4 heteroatoms. The average molecular weight is 252 g/mol. The lowest BCUT2D eigenvalue weighted by molar-refractivity contribution is 0.226. The second kappa shape index (κ2) is 5.67. The second-order valence-corrected chi connectivity index (χ2v) is 5.27. The summed E-state index contributed by atoms with van der Waals surface area (Å²) < 4.78 is 13.9. The van der Waals surface area contributed by atoms with Crippen molar-refractivity contribution >= 4 is 5.69 Å². The van der Waals surface area contributed by atoms with E-state index in [1.165, 1.54) is 6.07 Å². The van der Waals surface area contributed by atoms with Gasteiger partial charge >= 0.3 is 0 Å². The molecule has 100 valence electrons. The van der Waals surface area contributed by atoms with Gasteiger partial charge in [-0.2, -0.15) is 0 Å². The smallest absolute Gasteiger partial charge is 0.146 e. The number of likely N-dealkylation sites (N-methyl/N-ethyl adjacent to an activating group) is 1. The van der Waals surface area contributed by atoms with E-state index in [0.717, 1.165) is 19.6 Å². The van der Waals surface area contributed by atoms with Crippen LogP contribution in [-0.4, -0.2) is 49.3 Å². The van der Waals surface area contributed by atoms with Crippen molar-refractivity contribution in [2.75, 3.05) is 38.2 Å². The lowest BCUT2D eigenvalue weighted by atomic mass is 10.1. The molecule has 18 heavy (non-hydrogen) atoms. The third kappa shape index (κ3) is 2.82. The minimum absolute atomic E-state index is 0.0446. The van der Waals surface area contributed by atoms with Crippen LogP contribution in [0.3, 0.4) is 0 Å². The fraction of sp³-hybridized carbons (Fsp3) is 0.571. The van der Waals surface area contributed by atoms with Crippen LogP contribution in [0.1, 0.15) is 6.92 Å². The second-order valence-electron chi connectivity index (χ2n) is 5.27. The Labute approximate surface area is 108 Å². The Hall–Kier alpha value is -1.13. The zero-order valence-electron chi connectivity index (χ0n) is 11.0. The first-order valence-corrected chi connectivity index (χ1v) is 6.42. The van der Waals surface area contributed by atoms with Crippen molar-refractivity contribution in [2.24, 2.45) is 5.92 Å². The number of benzene rings is 1. The topological polar surface area (TPSA) is 26.7 Å². The van der Waals surface area contributed by atoms with Crippen LogP contribution in [0.4, 0.5) is 10.1 Å². The first-order chi connectivity index (χ1) is 8.61. The van der Waals surface area contributed by atoms with Crippen molar-refractivity contribution in [1.29, 1.82) is 0 Å². The molecule has 2 rings (SSSR count). The van der Waals surface area contributed by atoms with Crippen LogP contribution >= 0.6 is 0 Å². The lowest BCUT2D eigenvalue weighted by Gasteiger charge is -2.32. The molecule has 1 aliphatic heterocycles. The normalized spacial score (nSPS) is 26.1. The van der Waals surface area contributed by atoms with E-state index in [1.54, 1.807) is 12.1 Å². The standard InChI is InChI=1S/C14H21FN2O/c1-11-7-16(2)9-12(10-18)17(8-11)14-6-4-3-5-13(14)15/h3-6,11-12,18H,7-10H2,1-2H3. The van der Waals surface area contributed by atoms with E-state index in [4.69, 9.17) is 0 Å². The number of anilines is 1. The van der Waals surface area contributed by atoms with Gasteiger partial charge in [0.2, 0.25) is 0 Å². The molecule has 1 aromatic rings. The van der Waals surface area contributed by atoms with Crippen molar-refractivity contribution in [1.82, 2.24) is 4.90 Å². The number of hydrogen-bond donors (Lipinski definition) is 1. The zero-order valence-corrected chi connectivity index (χ0v) is 11.0. The molecule has 2 atom stereocenters. The molecule has 0 radical (unpaired) electrons. The SMILES string of the molecule is CC1CN(C)CC(CO)N(c2ccccc2F)C1. The summed E-state index contributed by atoms with van der Waals surface area (Å²) in [7, 11) is 2.05. The summed E-state index contributed by atoms with van der Waals surface area (Å²) in [5.74, 6) is 0.235. The van der Waals surface area contributed by atoms with Gasteiger partial charge in [-0.3, -0.25) is 0 Å². The van der Waals surface area contributed by atoms with Gasteiger partial charge in [0.25, 0.3) is 0 Å². The summed E-state index contributed by atoms with van der Waals surface area (Å²) in [6.07, 6.45) is 0. The summed E-state index contributed by atoms with van der Waals surface area (Å²) in [5, 5.41) is 9.55. The first-order valence-electron chi connectivity index (χ1n) is 6.42. The molecule has 3 nitrogen and oxygen atoms in total. The number of para-hydroxylation sites is 1. The van der Waals surface area contributed by atoms with Gasteiger partial charge in [-0.05, 0) is 25.1 Å². The molecule has 0 aromatic heterocycles. The summed E-state index contributed by atoms with van der Waals surface area (Å²) in [6, 6.07) is 6.75. The maximum atomic E-state index is 13.9. The van der Waals surface area contributed by atoms with E-state index >= 15 is 0 Å². The van der Waals surface area contributed by atoms with Crippen LogP contribution in [0.2, 0.25) is 0 Å². The maximum absolute atomic E-state index is 13.9. The van der Waals surface area contributed by atoms with Crippen LogP contribution in [0, 0.1) is 11.7 Å². The number of hydrogen-bond acceptors (Lipinski definition) is 3. The Kier molecular flexibility index (Phi) is 4.19. The van der Waals surface area contributed by atoms with Gasteiger partial charge in [-0.15, -0.1) is 0 Å². The minimum Gasteiger partial charge on any atom is -0.394 e. The van der Waals surface area contributed by atoms with E-state index in [1.807, 2.05) is 18.0 Å². The summed E-state index contributed by atoms with van der Waals surface area (Å²) in [6.45, 7) is 4.71. The van der Waals surface area contributed by atoms with Crippen LogP contribution in [0.25, 0.3) is 0 Å². The molecule has 1 N–H and O–H groups in total. The van der Waals surface area contributed by atoms with Crippen molar-refractivity contribution in [3.63, 3.8) is 0 Å². The van der Waals surface area contributed by atoms with Gasteiger partial charge in [0.05, 0.1) is 18.3 Å². The van der Waals surface area contributed by atoms with E-state index in [-0.39, 0.29) is 18.5 Å². The Morgan fingerprint density at radius 1 is 1.28 bits per heavy atom. The fourth-order valence-electron chi connectivity index (χ4n) is 2.74. The summed E-state index contributed by atoms with van der Waals surface area (Å²) in [5.41, 5.74) is 0.596. The summed E-state index contributed by atoms with van der Waals surface area (Å²) in [4.78, 5) is 4.20. The van der Waals surface area contributed by atoms with Crippen LogP contribution < -0.4 is 4.90 Å². The van der Waals surface area contributed by atoms with E-state index in [9.17, 15) is 9.50 Å². The highest BCUT2D eigenvalue weighted by molar-refractivity contribution is 5.49. The highest BCUT2D eigenvalue weighted by atomic mass is 19.1.